The fourth-order valence-corrected chi connectivity index (χ4v) is 5.58. The zero-order valence-corrected chi connectivity index (χ0v) is 22.7. The predicted molar refractivity (Wildman–Crippen MR) is 157 cm³/mol. The molecule has 9 nitrogen and oxygen atoms in total. The van der Waals surface area contributed by atoms with Gasteiger partial charge in [0.15, 0.2) is 0 Å². The van der Waals surface area contributed by atoms with Crippen molar-refractivity contribution in [3.8, 4) is 22.6 Å². The zero-order valence-electron chi connectivity index (χ0n) is 22.7. The highest BCUT2D eigenvalue weighted by Gasteiger charge is 2.28. The van der Waals surface area contributed by atoms with E-state index in [1.807, 2.05) is 49.9 Å². The molecule has 0 bridgehead atoms. The molecule has 7 rings (SSSR count). The molecule has 1 unspecified atom stereocenters. The number of hydrogen-bond donors (Lipinski definition) is 2. The number of rotatable bonds is 6. The molecule has 0 amide bonds. The second-order valence-electron chi connectivity index (χ2n) is 10.4. The van der Waals surface area contributed by atoms with E-state index in [1.165, 1.54) is 0 Å². The Balaban J connectivity index is 1.06. The van der Waals surface area contributed by atoms with Crippen LogP contribution < -0.4 is 20.5 Å². The van der Waals surface area contributed by atoms with Gasteiger partial charge < -0.3 is 24.7 Å². The number of nitrogens with zero attached hydrogens (tertiary/aromatic N) is 4. The van der Waals surface area contributed by atoms with Crippen LogP contribution in [-0.2, 0) is 24.8 Å². The third-order valence-corrected chi connectivity index (χ3v) is 7.65. The maximum Gasteiger partial charge on any atom is 0.249 e. The monoisotopic (exact) mass is 546 g/mol. The van der Waals surface area contributed by atoms with Crippen molar-refractivity contribution < 1.29 is 9.47 Å². The van der Waals surface area contributed by atoms with Crippen LogP contribution in [0.15, 0.2) is 90.2 Å². The van der Waals surface area contributed by atoms with Gasteiger partial charge in [-0.15, -0.1) is 0 Å². The minimum Gasteiger partial charge on any atom is -0.456 e. The van der Waals surface area contributed by atoms with Crippen LogP contribution in [0.1, 0.15) is 28.5 Å². The van der Waals surface area contributed by atoms with E-state index < -0.39 is 0 Å². The highest BCUT2D eigenvalue weighted by Crippen LogP contribution is 2.43. The van der Waals surface area contributed by atoms with Gasteiger partial charge in [0.1, 0.15) is 17.6 Å². The number of morpholine rings is 1. The summed E-state index contributed by atoms with van der Waals surface area (Å²) in [5.41, 5.74) is 8.23. The van der Waals surface area contributed by atoms with Gasteiger partial charge in [0.25, 0.3) is 0 Å². The topological polar surface area (TPSA) is 97.3 Å². The van der Waals surface area contributed by atoms with Crippen molar-refractivity contribution in [3.05, 3.63) is 118 Å². The summed E-state index contributed by atoms with van der Waals surface area (Å²) < 4.78 is 14.5. The average molecular weight is 547 g/mol. The number of nitrogens with one attached hydrogen (secondary N) is 2. The van der Waals surface area contributed by atoms with Gasteiger partial charge in [0, 0.05) is 79.3 Å². The van der Waals surface area contributed by atoms with E-state index in [4.69, 9.17) is 9.47 Å². The highest BCUT2D eigenvalue weighted by molar-refractivity contribution is 5.62. The number of hydrogen-bond acceptors (Lipinski definition) is 7. The highest BCUT2D eigenvalue weighted by atomic mass is 16.5. The number of anilines is 2. The van der Waals surface area contributed by atoms with E-state index in [9.17, 15) is 4.79 Å². The van der Waals surface area contributed by atoms with E-state index in [0.29, 0.717) is 19.7 Å². The second-order valence-corrected chi connectivity index (χ2v) is 10.4. The predicted octanol–water partition coefficient (Wildman–Crippen LogP) is 5.06. The minimum atomic E-state index is -0.157. The average Bonchev–Trinajstić information content (AvgIpc) is 3.45. The van der Waals surface area contributed by atoms with E-state index in [-0.39, 0.29) is 11.7 Å². The van der Waals surface area contributed by atoms with Crippen LogP contribution in [0.2, 0.25) is 0 Å². The summed E-state index contributed by atoms with van der Waals surface area (Å²) >= 11 is 0. The number of fused-ring (bicyclic) bond motifs is 2. The van der Waals surface area contributed by atoms with E-state index >= 15 is 0 Å². The SMILES string of the molecule is Cn1cc(-c2ccnc(CNc3ccc4c(c3)Cc3cccc(C5CN(c6cc[nH]c(=O)c6)CCO5)c3O4)c2)cn1. The molecule has 5 heterocycles. The van der Waals surface area contributed by atoms with E-state index in [2.05, 4.69) is 55.6 Å². The maximum atomic E-state index is 11.9. The summed E-state index contributed by atoms with van der Waals surface area (Å²) in [6.45, 7) is 2.57. The molecular formula is C32H30N6O3. The van der Waals surface area contributed by atoms with Crippen LogP contribution in [0, 0.1) is 0 Å². The Kier molecular flexibility index (Phi) is 6.48. The number of ether oxygens (including phenoxy) is 2. The lowest BCUT2D eigenvalue weighted by Crippen LogP contribution is -2.39. The number of benzene rings is 2. The molecule has 1 saturated heterocycles. The first-order valence-corrected chi connectivity index (χ1v) is 13.7. The van der Waals surface area contributed by atoms with Gasteiger partial charge in [-0.1, -0.05) is 18.2 Å². The van der Waals surface area contributed by atoms with Crippen molar-refractivity contribution in [2.75, 3.05) is 29.9 Å². The van der Waals surface area contributed by atoms with Crippen LogP contribution in [-0.4, -0.2) is 39.4 Å². The molecule has 9 heteroatoms. The van der Waals surface area contributed by atoms with Crippen LogP contribution in [0.3, 0.4) is 0 Å². The number of para-hydroxylation sites is 1. The third kappa shape index (κ3) is 5.19. The smallest absolute Gasteiger partial charge is 0.249 e. The van der Waals surface area contributed by atoms with Crippen LogP contribution >= 0.6 is 0 Å². The molecule has 0 radical (unpaired) electrons. The Bertz CT molecular complexity index is 1780. The number of aromatic nitrogens is 4. The number of aromatic amines is 1. The van der Waals surface area contributed by atoms with Gasteiger partial charge in [-0.3, -0.25) is 14.5 Å². The summed E-state index contributed by atoms with van der Waals surface area (Å²) in [7, 11) is 1.92. The van der Waals surface area contributed by atoms with Crippen molar-refractivity contribution in [2.45, 2.75) is 19.1 Å². The molecule has 5 aromatic rings. The third-order valence-electron chi connectivity index (χ3n) is 7.65. The minimum absolute atomic E-state index is 0.106. The first kappa shape index (κ1) is 25.1. The molecule has 0 spiro atoms. The Morgan fingerprint density at radius 2 is 2.02 bits per heavy atom. The van der Waals surface area contributed by atoms with Crippen molar-refractivity contribution in [1.82, 2.24) is 19.7 Å². The lowest BCUT2D eigenvalue weighted by molar-refractivity contribution is 0.0384. The Morgan fingerprint density at radius 1 is 1.07 bits per heavy atom. The first-order chi connectivity index (χ1) is 20.1. The van der Waals surface area contributed by atoms with Crippen LogP contribution in [0.5, 0.6) is 11.5 Å². The molecule has 0 aliphatic carbocycles. The van der Waals surface area contributed by atoms with Gasteiger partial charge in [-0.2, -0.15) is 5.10 Å². The fourth-order valence-electron chi connectivity index (χ4n) is 5.58. The molecule has 0 saturated carbocycles. The fraction of sp³-hybridized carbons (Fsp3) is 0.219. The van der Waals surface area contributed by atoms with Gasteiger partial charge >= 0.3 is 0 Å². The first-order valence-electron chi connectivity index (χ1n) is 13.7. The van der Waals surface area contributed by atoms with E-state index in [0.717, 1.165) is 69.4 Å². The summed E-state index contributed by atoms with van der Waals surface area (Å²) in [5, 5.41) is 7.79. The Labute approximate surface area is 237 Å². The molecule has 206 valence electrons. The molecule has 1 atom stereocenters. The Morgan fingerprint density at radius 3 is 2.90 bits per heavy atom. The number of pyridine rings is 2. The van der Waals surface area contributed by atoms with Crippen LogP contribution in [0.4, 0.5) is 11.4 Å². The zero-order chi connectivity index (χ0) is 27.8. The van der Waals surface area contributed by atoms with Crippen molar-refractivity contribution in [1.29, 1.82) is 0 Å². The lowest BCUT2D eigenvalue weighted by Gasteiger charge is -2.36. The Hall–Kier alpha value is -4.89. The lowest BCUT2D eigenvalue weighted by atomic mass is 9.95. The summed E-state index contributed by atoms with van der Waals surface area (Å²) in [5.74, 6) is 1.73. The van der Waals surface area contributed by atoms with Gasteiger partial charge in [-0.25, -0.2) is 0 Å². The number of aryl methyl sites for hydroxylation is 1. The van der Waals surface area contributed by atoms with Crippen LogP contribution in [0.25, 0.3) is 11.1 Å². The molecule has 2 aliphatic rings. The standard InChI is InChI=1S/C32H30N6O3/c1-37-19-24(17-36-37)21-7-9-33-26(14-21)18-35-25-5-6-29-23(15-25)13-22-3-2-4-28(32(22)41-29)30-20-38(11-12-40-30)27-8-10-34-31(39)16-27/h2-10,14-17,19,30,35H,11-13,18,20H2,1H3,(H,34,39). The van der Waals surface area contributed by atoms with Gasteiger partial charge in [0.05, 0.1) is 25.0 Å². The van der Waals surface area contributed by atoms with Gasteiger partial charge in [-0.05, 0) is 47.5 Å². The number of H-pyrrole nitrogens is 1. The second kappa shape index (κ2) is 10.6. The molecule has 2 aliphatic heterocycles. The van der Waals surface area contributed by atoms with Crippen molar-refractivity contribution >= 4 is 11.4 Å². The molecular weight excluding hydrogens is 516 g/mol. The summed E-state index contributed by atoms with van der Waals surface area (Å²) in [4.78, 5) is 21.3. The van der Waals surface area contributed by atoms with Crippen molar-refractivity contribution in [2.24, 2.45) is 7.05 Å². The summed E-state index contributed by atoms with van der Waals surface area (Å²) in [6.07, 6.45) is 8.00. The van der Waals surface area contributed by atoms with Gasteiger partial charge in [0.2, 0.25) is 5.56 Å². The molecule has 2 N–H and O–H groups in total. The maximum absolute atomic E-state index is 11.9. The molecule has 41 heavy (non-hydrogen) atoms. The van der Waals surface area contributed by atoms with Crippen molar-refractivity contribution in [3.63, 3.8) is 0 Å². The largest absolute Gasteiger partial charge is 0.456 e. The summed E-state index contributed by atoms with van der Waals surface area (Å²) in [6, 6.07) is 20.2. The molecule has 3 aromatic heterocycles. The molecule has 1 fully saturated rings. The quantitative estimate of drug-likeness (QED) is 0.302. The van der Waals surface area contributed by atoms with E-state index in [1.54, 1.807) is 16.9 Å². The normalized spacial score (nSPS) is 16.0. The molecule has 2 aromatic carbocycles.